The molecule has 0 atom stereocenters. The topological polar surface area (TPSA) is 83.5 Å². The van der Waals surface area contributed by atoms with Crippen molar-refractivity contribution in [3.05, 3.63) is 37.8 Å². The van der Waals surface area contributed by atoms with Crippen LogP contribution in [0.5, 0.6) is 0 Å². The Hall–Kier alpha value is -2.15. The van der Waals surface area contributed by atoms with Crippen LogP contribution >= 0.6 is 11.3 Å². The fraction of sp³-hybridized carbons (Fsp3) is 0.308. The lowest BCUT2D eigenvalue weighted by molar-refractivity contribution is 0.653. The molecule has 2 N–H and O–H groups in total. The zero-order valence-electron chi connectivity index (χ0n) is 11.2. The van der Waals surface area contributed by atoms with Gasteiger partial charge in [-0.3, -0.25) is 14.3 Å². The molecule has 3 aromatic heterocycles. The van der Waals surface area contributed by atoms with Crippen LogP contribution in [0.25, 0.3) is 21.9 Å². The minimum absolute atomic E-state index is 0.346. The van der Waals surface area contributed by atoms with Crippen LogP contribution in [0, 0.1) is 6.92 Å². The molecule has 0 aromatic carbocycles. The van der Waals surface area contributed by atoms with Gasteiger partial charge in [-0.15, -0.1) is 11.3 Å². The van der Waals surface area contributed by atoms with Gasteiger partial charge in [0.15, 0.2) is 11.5 Å². The summed E-state index contributed by atoms with van der Waals surface area (Å²) < 4.78 is 1.50. The molecule has 0 aliphatic heterocycles. The van der Waals surface area contributed by atoms with Crippen LogP contribution in [-0.4, -0.2) is 19.5 Å². The number of H-pyrrole nitrogens is 2. The number of fused-ring (bicyclic) bond motifs is 1. The average Bonchev–Trinajstić information content (AvgIpc) is 3.00. The second-order valence-electron chi connectivity index (χ2n) is 4.61. The predicted molar refractivity (Wildman–Crippen MR) is 79.3 cm³/mol. The number of imidazole rings is 1. The minimum Gasteiger partial charge on any atom is -0.331 e. The van der Waals surface area contributed by atoms with Gasteiger partial charge >= 0.3 is 5.69 Å². The van der Waals surface area contributed by atoms with Crippen molar-refractivity contribution in [1.29, 1.82) is 0 Å². The van der Waals surface area contributed by atoms with Gasteiger partial charge in [-0.1, -0.05) is 6.92 Å². The summed E-state index contributed by atoms with van der Waals surface area (Å²) in [5.41, 5.74) is -0.0742. The molecule has 0 bridgehead atoms. The van der Waals surface area contributed by atoms with Gasteiger partial charge in [-0.2, -0.15) is 0 Å². The Labute approximate surface area is 118 Å². The third-order valence-corrected chi connectivity index (χ3v) is 4.06. The number of thiophene rings is 1. The van der Waals surface area contributed by atoms with Crippen molar-refractivity contribution in [2.45, 2.75) is 26.8 Å². The molecule has 0 aliphatic carbocycles. The molecule has 0 saturated carbocycles. The van der Waals surface area contributed by atoms with E-state index < -0.39 is 11.2 Å². The van der Waals surface area contributed by atoms with E-state index in [4.69, 9.17) is 0 Å². The third kappa shape index (κ3) is 2.00. The molecule has 0 amide bonds. The summed E-state index contributed by atoms with van der Waals surface area (Å²) in [5, 5.41) is 0. The summed E-state index contributed by atoms with van der Waals surface area (Å²) in [5.74, 6) is 0.624. The molecule has 20 heavy (non-hydrogen) atoms. The second kappa shape index (κ2) is 4.75. The fourth-order valence-corrected chi connectivity index (χ4v) is 2.96. The maximum atomic E-state index is 11.9. The first kappa shape index (κ1) is 12.9. The number of nitrogens with one attached hydrogen (secondary N) is 2. The first-order chi connectivity index (χ1) is 9.60. The van der Waals surface area contributed by atoms with Crippen molar-refractivity contribution in [2.24, 2.45) is 0 Å². The van der Waals surface area contributed by atoms with Crippen LogP contribution in [0.3, 0.4) is 0 Å². The zero-order valence-corrected chi connectivity index (χ0v) is 12.0. The van der Waals surface area contributed by atoms with Crippen molar-refractivity contribution >= 4 is 22.5 Å². The third-order valence-electron chi connectivity index (χ3n) is 3.05. The summed E-state index contributed by atoms with van der Waals surface area (Å²) in [4.78, 5) is 35.6. The van der Waals surface area contributed by atoms with Crippen molar-refractivity contribution in [1.82, 2.24) is 19.5 Å². The van der Waals surface area contributed by atoms with E-state index in [0.717, 1.165) is 11.3 Å². The van der Waals surface area contributed by atoms with Gasteiger partial charge in [-0.25, -0.2) is 9.78 Å². The zero-order chi connectivity index (χ0) is 14.3. The molecule has 104 valence electrons. The number of nitrogens with zero attached hydrogens (tertiary/aromatic N) is 2. The van der Waals surface area contributed by atoms with E-state index >= 15 is 0 Å². The molecule has 0 radical (unpaired) electrons. The van der Waals surface area contributed by atoms with Crippen LogP contribution in [-0.2, 0) is 6.54 Å². The van der Waals surface area contributed by atoms with E-state index in [9.17, 15) is 9.59 Å². The van der Waals surface area contributed by atoms with Crippen LogP contribution in [0.15, 0.2) is 21.7 Å². The highest BCUT2D eigenvalue weighted by Gasteiger charge is 2.14. The summed E-state index contributed by atoms with van der Waals surface area (Å²) in [6.07, 6.45) is 0.793. The van der Waals surface area contributed by atoms with Crippen LogP contribution in [0.4, 0.5) is 0 Å². The molecule has 3 heterocycles. The monoisotopic (exact) mass is 290 g/mol. The van der Waals surface area contributed by atoms with Gasteiger partial charge in [0.05, 0.1) is 4.88 Å². The smallest absolute Gasteiger partial charge is 0.330 e. The van der Waals surface area contributed by atoms with Gasteiger partial charge in [0.2, 0.25) is 0 Å². The van der Waals surface area contributed by atoms with Crippen LogP contribution in [0.2, 0.25) is 0 Å². The number of aromatic nitrogens is 4. The number of aryl methyl sites for hydroxylation is 2. The Bertz CT molecular complexity index is 884. The second-order valence-corrected chi connectivity index (χ2v) is 5.89. The number of rotatable bonds is 3. The maximum Gasteiger partial charge on any atom is 0.330 e. The molecular formula is C13H14N4O2S. The Morgan fingerprint density at radius 3 is 2.75 bits per heavy atom. The highest BCUT2D eigenvalue weighted by Crippen LogP contribution is 2.26. The Morgan fingerprint density at radius 1 is 1.30 bits per heavy atom. The molecule has 7 heteroatoms. The Morgan fingerprint density at radius 2 is 2.10 bits per heavy atom. The largest absolute Gasteiger partial charge is 0.331 e. The molecule has 6 nitrogen and oxygen atoms in total. The maximum absolute atomic E-state index is 11.9. The van der Waals surface area contributed by atoms with Crippen LogP contribution in [0.1, 0.15) is 18.2 Å². The molecule has 0 unspecified atom stereocenters. The quantitative estimate of drug-likeness (QED) is 0.772. The highest BCUT2D eigenvalue weighted by atomic mass is 32.1. The highest BCUT2D eigenvalue weighted by molar-refractivity contribution is 7.15. The Balaban J connectivity index is 2.29. The van der Waals surface area contributed by atoms with Crippen LogP contribution < -0.4 is 11.2 Å². The average molecular weight is 290 g/mol. The normalized spacial score (nSPS) is 11.3. The van der Waals surface area contributed by atoms with Gasteiger partial charge < -0.3 is 4.98 Å². The lowest BCUT2D eigenvalue weighted by Crippen LogP contribution is -2.30. The van der Waals surface area contributed by atoms with Crippen molar-refractivity contribution in [2.75, 3.05) is 0 Å². The van der Waals surface area contributed by atoms with E-state index in [1.807, 2.05) is 26.0 Å². The molecule has 0 spiro atoms. The lowest BCUT2D eigenvalue weighted by Gasteiger charge is -2.02. The molecule has 0 fully saturated rings. The first-order valence-electron chi connectivity index (χ1n) is 6.39. The number of hydrogen-bond acceptors (Lipinski definition) is 4. The van der Waals surface area contributed by atoms with Crippen molar-refractivity contribution in [3.63, 3.8) is 0 Å². The van der Waals surface area contributed by atoms with E-state index in [2.05, 4.69) is 15.0 Å². The molecular weight excluding hydrogens is 276 g/mol. The van der Waals surface area contributed by atoms with Gasteiger partial charge in [-0.05, 0) is 25.5 Å². The number of hydrogen-bond donors (Lipinski definition) is 2. The van der Waals surface area contributed by atoms with Gasteiger partial charge in [0, 0.05) is 11.4 Å². The van der Waals surface area contributed by atoms with Gasteiger partial charge in [0.25, 0.3) is 5.56 Å². The number of aromatic amines is 2. The van der Waals surface area contributed by atoms with E-state index in [0.29, 0.717) is 23.5 Å². The van der Waals surface area contributed by atoms with E-state index in [-0.39, 0.29) is 0 Å². The van der Waals surface area contributed by atoms with E-state index in [1.54, 1.807) is 11.3 Å². The summed E-state index contributed by atoms with van der Waals surface area (Å²) in [7, 11) is 0. The lowest BCUT2D eigenvalue weighted by atomic mass is 10.4. The Kier molecular flexibility index (Phi) is 3.06. The standard InChI is InChI=1S/C13H14N4O2S/c1-3-6-17-11-9(12(18)16-13(17)19)14-10(15-11)8-5-4-7(2)20-8/h4-5H,3,6H2,1-2H3,(H,14,15)(H,16,18,19). The van der Waals surface area contributed by atoms with Crippen molar-refractivity contribution in [3.8, 4) is 10.7 Å². The minimum atomic E-state index is -0.426. The molecule has 0 aliphatic rings. The van der Waals surface area contributed by atoms with E-state index in [1.165, 1.54) is 9.44 Å². The summed E-state index contributed by atoms with van der Waals surface area (Å²) in [6.45, 7) is 4.51. The SMILES string of the molecule is CCCn1c(=O)[nH]c(=O)c2[nH]c(-c3ccc(C)s3)nc21. The molecule has 0 saturated heterocycles. The fourth-order valence-electron chi connectivity index (χ4n) is 2.15. The summed E-state index contributed by atoms with van der Waals surface area (Å²) in [6, 6.07) is 3.95. The summed E-state index contributed by atoms with van der Waals surface area (Å²) >= 11 is 1.59. The molecule has 3 rings (SSSR count). The molecule has 3 aromatic rings. The predicted octanol–water partition coefficient (Wildman–Crippen LogP) is 1.86. The van der Waals surface area contributed by atoms with Gasteiger partial charge in [0.1, 0.15) is 5.52 Å². The van der Waals surface area contributed by atoms with Crippen molar-refractivity contribution < 1.29 is 0 Å². The first-order valence-corrected chi connectivity index (χ1v) is 7.21.